The second kappa shape index (κ2) is 8.97. The van der Waals surface area contributed by atoms with Crippen molar-refractivity contribution in [2.75, 3.05) is 39.9 Å². The molecule has 2 unspecified atom stereocenters. The van der Waals surface area contributed by atoms with Gasteiger partial charge >= 0.3 is 0 Å². The third-order valence-corrected chi connectivity index (χ3v) is 5.54. The molecule has 2 fully saturated rings. The van der Waals surface area contributed by atoms with Crippen molar-refractivity contribution in [2.24, 2.45) is 5.92 Å². The summed E-state index contributed by atoms with van der Waals surface area (Å²) in [7, 11) is 1.50. The maximum Gasteiger partial charge on any atom is 0.165 e. The molecule has 1 aromatic rings. The quantitative estimate of drug-likeness (QED) is 0.817. The van der Waals surface area contributed by atoms with Crippen LogP contribution in [0.15, 0.2) is 18.2 Å². The summed E-state index contributed by atoms with van der Waals surface area (Å²) in [6, 6.07) is 5.17. The minimum atomic E-state index is -0.323. The molecule has 0 bridgehead atoms. The summed E-state index contributed by atoms with van der Waals surface area (Å²) in [4.78, 5) is 2.57. The number of morpholine rings is 1. The molecule has 1 saturated heterocycles. The predicted molar refractivity (Wildman–Crippen MR) is 97.5 cm³/mol. The van der Waals surface area contributed by atoms with E-state index in [0.29, 0.717) is 5.75 Å². The highest BCUT2D eigenvalue weighted by molar-refractivity contribution is 5.31. The summed E-state index contributed by atoms with van der Waals surface area (Å²) in [5.41, 5.74) is 1.02. The zero-order chi connectivity index (χ0) is 17.6. The summed E-state index contributed by atoms with van der Waals surface area (Å²) >= 11 is 0. The minimum absolute atomic E-state index is 0.128. The monoisotopic (exact) mass is 350 g/mol. The van der Waals surface area contributed by atoms with Crippen LogP contribution in [0.1, 0.15) is 44.2 Å². The van der Waals surface area contributed by atoms with Crippen molar-refractivity contribution in [1.29, 1.82) is 0 Å². The number of ether oxygens (including phenoxy) is 2. The van der Waals surface area contributed by atoms with Crippen molar-refractivity contribution in [3.8, 4) is 5.75 Å². The molecule has 1 aliphatic heterocycles. The Balaban J connectivity index is 1.47. The molecule has 4 nitrogen and oxygen atoms in total. The smallest absolute Gasteiger partial charge is 0.165 e. The maximum atomic E-state index is 13.5. The summed E-state index contributed by atoms with van der Waals surface area (Å²) in [5.74, 6) is 0.858. The van der Waals surface area contributed by atoms with Gasteiger partial charge in [-0.3, -0.25) is 4.90 Å². The molecule has 0 amide bonds. The molecular formula is C20H31FN2O2. The topological polar surface area (TPSA) is 33.7 Å². The van der Waals surface area contributed by atoms with E-state index < -0.39 is 0 Å². The van der Waals surface area contributed by atoms with E-state index in [1.165, 1.54) is 45.4 Å². The van der Waals surface area contributed by atoms with Crippen LogP contribution in [0.25, 0.3) is 0 Å². The number of hydrogen-bond acceptors (Lipinski definition) is 4. The highest BCUT2D eigenvalue weighted by atomic mass is 19.1. The first kappa shape index (κ1) is 18.6. The van der Waals surface area contributed by atoms with E-state index in [2.05, 4.69) is 17.1 Å². The lowest BCUT2D eigenvalue weighted by Gasteiger charge is -2.35. The maximum absolute atomic E-state index is 13.5. The Hall–Kier alpha value is -1.17. The molecule has 0 radical (unpaired) electrons. The molecule has 1 heterocycles. The Kier molecular flexibility index (Phi) is 6.68. The van der Waals surface area contributed by atoms with Crippen LogP contribution < -0.4 is 10.1 Å². The molecular weight excluding hydrogens is 319 g/mol. The highest BCUT2D eigenvalue weighted by Gasteiger charge is 2.24. The van der Waals surface area contributed by atoms with E-state index in [9.17, 15) is 4.39 Å². The molecule has 0 aromatic heterocycles. The van der Waals surface area contributed by atoms with Gasteiger partial charge in [0, 0.05) is 32.2 Å². The van der Waals surface area contributed by atoms with Gasteiger partial charge in [-0.2, -0.15) is 0 Å². The van der Waals surface area contributed by atoms with Crippen LogP contribution in [-0.4, -0.2) is 50.9 Å². The zero-order valence-electron chi connectivity index (χ0n) is 15.5. The molecule has 3 rings (SSSR count). The third-order valence-electron chi connectivity index (χ3n) is 5.54. The lowest BCUT2D eigenvalue weighted by Crippen LogP contribution is -2.48. The average molecular weight is 350 g/mol. The number of benzene rings is 1. The summed E-state index contributed by atoms with van der Waals surface area (Å²) in [5, 5.41) is 3.52. The fourth-order valence-electron chi connectivity index (χ4n) is 4.00. The summed E-state index contributed by atoms with van der Waals surface area (Å²) in [6.07, 6.45) is 5.81. The van der Waals surface area contributed by atoms with Gasteiger partial charge < -0.3 is 14.8 Å². The van der Waals surface area contributed by atoms with Crippen molar-refractivity contribution in [3.05, 3.63) is 29.6 Å². The zero-order valence-corrected chi connectivity index (χ0v) is 15.5. The molecule has 1 saturated carbocycles. The van der Waals surface area contributed by atoms with Gasteiger partial charge in [0.2, 0.25) is 0 Å². The van der Waals surface area contributed by atoms with Crippen molar-refractivity contribution in [2.45, 2.75) is 44.8 Å². The second-order valence-corrected chi connectivity index (χ2v) is 7.43. The second-order valence-electron chi connectivity index (χ2n) is 7.43. The van der Waals surface area contributed by atoms with Crippen LogP contribution in [0.4, 0.5) is 4.39 Å². The molecule has 25 heavy (non-hydrogen) atoms. The lowest BCUT2D eigenvalue weighted by atomic mass is 10.1. The van der Waals surface area contributed by atoms with E-state index in [0.717, 1.165) is 37.7 Å². The molecule has 2 aliphatic rings. The first-order valence-corrected chi connectivity index (χ1v) is 9.56. The van der Waals surface area contributed by atoms with Gasteiger partial charge in [0.05, 0.1) is 19.8 Å². The first-order valence-electron chi connectivity index (χ1n) is 9.56. The van der Waals surface area contributed by atoms with Crippen LogP contribution in [-0.2, 0) is 4.74 Å². The van der Waals surface area contributed by atoms with Gasteiger partial charge in [-0.15, -0.1) is 0 Å². The van der Waals surface area contributed by atoms with E-state index in [1.807, 2.05) is 6.07 Å². The summed E-state index contributed by atoms with van der Waals surface area (Å²) in [6.45, 7) is 7.00. The van der Waals surface area contributed by atoms with Crippen LogP contribution in [0.2, 0.25) is 0 Å². The standard InChI is InChI=1S/C20H31FN2O2/c1-15(17-7-8-19(21)20(11-17)24-2)22-12-18-14-23(9-10-25-18)13-16-5-3-4-6-16/h7-8,11,15-16,18,22H,3-6,9-10,12-14H2,1-2H3. The van der Waals surface area contributed by atoms with E-state index >= 15 is 0 Å². The van der Waals surface area contributed by atoms with Crippen molar-refractivity contribution in [3.63, 3.8) is 0 Å². The Morgan fingerprint density at radius 2 is 2.16 bits per heavy atom. The van der Waals surface area contributed by atoms with E-state index in [-0.39, 0.29) is 18.0 Å². The predicted octanol–water partition coefficient (Wildman–Crippen LogP) is 3.38. The number of hydrogen-bond donors (Lipinski definition) is 1. The molecule has 0 spiro atoms. The Bertz CT molecular complexity index is 548. The van der Waals surface area contributed by atoms with Crippen molar-refractivity contribution in [1.82, 2.24) is 10.2 Å². The van der Waals surface area contributed by atoms with Crippen molar-refractivity contribution < 1.29 is 13.9 Å². The van der Waals surface area contributed by atoms with Crippen LogP contribution in [0, 0.1) is 11.7 Å². The molecule has 5 heteroatoms. The van der Waals surface area contributed by atoms with Crippen LogP contribution in [0.5, 0.6) is 5.75 Å². The largest absolute Gasteiger partial charge is 0.494 e. The number of halogens is 1. The fraction of sp³-hybridized carbons (Fsp3) is 0.700. The summed E-state index contributed by atoms with van der Waals surface area (Å²) < 4.78 is 24.6. The SMILES string of the molecule is COc1cc(C(C)NCC2CN(CC3CCCC3)CCO2)ccc1F. The fourth-order valence-corrected chi connectivity index (χ4v) is 4.00. The van der Waals surface area contributed by atoms with Gasteiger partial charge in [-0.05, 0) is 43.4 Å². The van der Waals surface area contributed by atoms with Gasteiger partial charge in [0.25, 0.3) is 0 Å². The normalized spacial score (nSPS) is 23.7. The molecule has 1 N–H and O–H groups in total. The highest BCUT2D eigenvalue weighted by Crippen LogP contribution is 2.26. The van der Waals surface area contributed by atoms with E-state index in [1.54, 1.807) is 6.07 Å². The number of nitrogens with zero attached hydrogens (tertiary/aromatic N) is 1. The number of nitrogens with one attached hydrogen (secondary N) is 1. The van der Waals surface area contributed by atoms with Gasteiger partial charge in [0.15, 0.2) is 11.6 Å². The minimum Gasteiger partial charge on any atom is -0.494 e. The molecule has 140 valence electrons. The molecule has 2 atom stereocenters. The van der Waals surface area contributed by atoms with Crippen LogP contribution >= 0.6 is 0 Å². The Morgan fingerprint density at radius 1 is 1.36 bits per heavy atom. The molecule has 1 aliphatic carbocycles. The van der Waals surface area contributed by atoms with Gasteiger partial charge in [0.1, 0.15) is 0 Å². The van der Waals surface area contributed by atoms with E-state index in [4.69, 9.17) is 9.47 Å². The lowest BCUT2D eigenvalue weighted by molar-refractivity contribution is -0.0322. The average Bonchev–Trinajstić information content (AvgIpc) is 3.13. The van der Waals surface area contributed by atoms with Crippen molar-refractivity contribution >= 4 is 0 Å². The van der Waals surface area contributed by atoms with Crippen LogP contribution in [0.3, 0.4) is 0 Å². The molecule has 1 aromatic carbocycles. The van der Waals surface area contributed by atoms with Gasteiger partial charge in [-0.25, -0.2) is 4.39 Å². The first-order chi connectivity index (χ1) is 12.2. The Morgan fingerprint density at radius 3 is 2.92 bits per heavy atom. The number of rotatable bonds is 7. The third kappa shape index (κ3) is 5.16. The Labute approximate surface area is 150 Å². The number of methoxy groups -OCH3 is 1. The van der Waals surface area contributed by atoms with Gasteiger partial charge in [-0.1, -0.05) is 18.9 Å².